The first-order valence-electron chi connectivity index (χ1n) is 7.97. The predicted octanol–water partition coefficient (Wildman–Crippen LogP) is 3.52. The first kappa shape index (κ1) is 19.9. The van der Waals surface area contributed by atoms with Crippen LogP contribution in [0.25, 0.3) is 16.9 Å². The van der Waals surface area contributed by atoms with Crippen LogP contribution < -0.4 is 9.88 Å². The van der Waals surface area contributed by atoms with Gasteiger partial charge in [0.2, 0.25) is 10.0 Å². The van der Waals surface area contributed by atoms with E-state index in [0.717, 1.165) is 10.7 Å². The fraction of sp³-hybridized carbons (Fsp3) is 0.167. The van der Waals surface area contributed by atoms with Crippen LogP contribution in [0.2, 0.25) is 0 Å². The first-order valence-corrected chi connectivity index (χ1v) is 9.51. The molecule has 0 aliphatic rings. The molecule has 0 saturated carbocycles. The topological polar surface area (TPSA) is 87.2 Å². The van der Waals surface area contributed by atoms with Gasteiger partial charge >= 0.3 is 6.18 Å². The summed E-state index contributed by atoms with van der Waals surface area (Å²) in [6, 6.07) is 11.1. The van der Waals surface area contributed by atoms with Gasteiger partial charge in [0.1, 0.15) is 10.6 Å². The van der Waals surface area contributed by atoms with Crippen molar-refractivity contribution < 1.29 is 26.3 Å². The zero-order chi connectivity index (χ0) is 20.7. The van der Waals surface area contributed by atoms with E-state index in [0.29, 0.717) is 16.9 Å². The number of alkyl halides is 3. The summed E-state index contributed by atoms with van der Waals surface area (Å²) in [6.45, 7) is 1.74. The standard InChI is InChI=1S/C18H16F3N3O3S/c1-11-9-12(7-8-15(11)27-2)14-10-17(18(19,20)21)23-24(14)13-5-3-4-6-16(13)28(22,25)26/h3-10H,1-2H3,(H2,22,25,26). The number of nitrogens with zero attached hydrogens (tertiary/aromatic N) is 2. The molecule has 0 spiro atoms. The quantitative estimate of drug-likeness (QED) is 0.712. The predicted molar refractivity (Wildman–Crippen MR) is 96.7 cm³/mol. The highest BCUT2D eigenvalue weighted by atomic mass is 32.2. The summed E-state index contributed by atoms with van der Waals surface area (Å²) in [5, 5.41) is 8.85. The molecule has 1 heterocycles. The summed E-state index contributed by atoms with van der Waals surface area (Å²) in [4.78, 5) is -0.335. The van der Waals surface area contributed by atoms with Crippen LogP contribution in [-0.2, 0) is 16.2 Å². The Kier molecular flexibility index (Phi) is 4.94. The molecule has 1 aromatic heterocycles. The third kappa shape index (κ3) is 3.73. The minimum Gasteiger partial charge on any atom is -0.496 e. The normalized spacial score (nSPS) is 12.2. The maximum Gasteiger partial charge on any atom is 0.435 e. The average molecular weight is 411 g/mol. The summed E-state index contributed by atoms with van der Waals surface area (Å²) >= 11 is 0. The molecular formula is C18H16F3N3O3S. The van der Waals surface area contributed by atoms with Gasteiger partial charge in [0, 0.05) is 5.56 Å². The number of rotatable bonds is 4. The van der Waals surface area contributed by atoms with Crippen molar-refractivity contribution in [1.29, 1.82) is 0 Å². The Labute approximate surface area is 159 Å². The molecule has 28 heavy (non-hydrogen) atoms. The molecule has 0 unspecified atom stereocenters. The third-order valence-corrected chi connectivity index (χ3v) is 5.05. The van der Waals surface area contributed by atoms with Gasteiger partial charge in [-0.15, -0.1) is 0 Å². The van der Waals surface area contributed by atoms with Crippen LogP contribution in [-0.4, -0.2) is 25.3 Å². The van der Waals surface area contributed by atoms with E-state index in [1.54, 1.807) is 25.1 Å². The van der Waals surface area contributed by atoms with Crippen molar-refractivity contribution in [2.45, 2.75) is 18.0 Å². The Morgan fingerprint density at radius 1 is 1.11 bits per heavy atom. The van der Waals surface area contributed by atoms with Crippen LogP contribution in [0.1, 0.15) is 11.3 Å². The number of aromatic nitrogens is 2. The lowest BCUT2D eigenvalue weighted by atomic mass is 10.1. The number of nitrogens with two attached hydrogens (primary N) is 1. The fourth-order valence-corrected chi connectivity index (χ4v) is 3.53. The molecule has 2 aromatic carbocycles. The van der Waals surface area contributed by atoms with Crippen molar-refractivity contribution in [2.24, 2.45) is 5.14 Å². The molecule has 0 aliphatic carbocycles. The molecule has 0 aliphatic heterocycles. The van der Waals surface area contributed by atoms with Crippen LogP contribution in [0.4, 0.5) is 13.2 Å². The summed E-state index contributed by atoms with van der Waals surface area (Å²) < 4.78 is 69.9. The molecule has 0 fully saturated rings. The highest BCUT2D eigenvalue weighted by Gasteiger charge is 2.36. The smallest absolute Gasteiger partial charge is 0.435 e. The number of para-hydroxylation sites is 1. The molecular weight excluding hydrogens is 395 g/mol. The van der Waals surface area contributed by atoms with Crippen LogP contribution in [0.15, 0.2) is 53.4 Å². The van der Waals surface area contributed by atoms with Gasteiger partial charge < -0.3 is 4.74 Å². The van der Waals surface area contributed by atoms with Crippen LogP contribution in [0, 0.1) is 6.92 Å². The Morgan fingerprint density at radius 3 is 2.36 bits per heavy atom. The van der Waals surface area contributed by atoms with Crippen molar-refractivity contribution in [2.75, 3.05) is 7.11 Å². The monoisotopic (exact) mass is 411 g/mol. The summed E-state index contributed by atoms with van der Waals surface area (Å²) in [7, 11) is -2.71. The highest BCUT2D eigenvalue weighted by molar-refractivity contribution is 7.89. The lowest BCUT2D eigenvalue weighted by Gasteiger charge is -2.12. The second kappa shape index (κ2) is 6.95. The molecule has 6 nitrogen and oxygen atoms in total. The number of sulfonamides is 1. The van der Waals surface area contributed by atoms with E-state index < -0.39 is 21.9 Å². The summed E-state index contributed by atoms with van der Waals surface area (Å²) in [5.74, 6) is 0.566. The van der Waals surface area contributed by atoms with Gasteiger partial charge in [0.05, 0.1) is 18.5 Å². The highest BCUT2D eigenvalue weighted by Crippen LogP contribution is 2.35. The minimum atomic E-state index is -4.71. The van der Waals surface area contributed by atoms with E-state index in [2.05, 4.69) is 5.10 Å². The van der Waals surface area contributed by atoms with Gasteiger partial charge in [0.25, 0.3) is 0 Å². The summed E-state index contributed by atoms with van der Waals surface area (Å²) in [5.41, 5.74) is -0.0649. The number of methoxy groups -OCH3 is 1. The van der Waals surface area contributed by atoms with E-state index in [4.69, 9.17) is 9.88 Å². The first-order chi connectivity index (χ1) is 13.0. The number of hydrogen-bond acceptors (Lipinski definition) is 4. The van der Waals surface area contributed by atoms with Crippen molar-refractivity contribution in [3.63, 3.8) is 0 Å². The lowest BCUT2D eigenvalue weighted by Crippen LogP contribution is -2.16. The van der Waals surface area contributed by atoms with Gasteiger partial charge in [-0.2, -0.15) is 18.3 Å². The number of halogens is 3. The molecule has 0 bridgehead atoms. The van der Waals surface area contributed by atoms with Crippen molar-refractivity contribution in [1.82, 2.24) is 9.78 Å². The fourth-order valence-electron chi connectivity index (χ4n) is 2.82. The molecule has 0 amide bonds. The van der Waals surface area contributed by atoms with E-state index in [9.17, 15) is 21.6 Å². The second-order valence-electron chi connectivity index (χ2n) is 6.02. The number of primary sulfonamides is 1. The van der Waals surface area contributed by atoms with Crippen LogP contribution in [0.3, 0.4) is 0 Å². The molecule has 0 saturated heterocycles. The zero-order valence-corrected chi connectivity index (χ0v) is 15.7. The molecule has 10 heteroatoms. The zero-order valence-electron chi connectivity index (χ0n) is 14.9. The van der Waals surface area contributed by atoms with E-state index in [-0.39, 0.29) is 16.3 Å². The second-order valence-corrected chi connectivity index (χ2v) is 7.55. The molecule has 148 valence electrons. The Balaban J connectivity index is 2.31. The number of hydrogen-bond donors (Lipinski definition) is 1. The molecule has 0 atom stereocenters. The summed E-state index contributed by atoms with van der Waals surface area (Å²) in [6.07, 6.45) is -4.71. The number of ether oxygens (including phenoxy) is 1. The molecule has 3 rings (SSSR count). The molecule has 3 aromatic rings. The van der Waals surface area contributed by atoms with E-state index in [1.165, 1.54) is 31.4 Å². The SMILES string of the molecule is COc1ccc(-c2cc(C(F)(F)F)nn2-c2ccccc2S(N)(=O)=O)cc1C. The van der Waals surface area contributed by atoms with Crippen molar-refractivity contribution in [3.05, 3.63) is 59.8 Å². The van der Waals surface area contributed by atoms with Crippen molar-refractivity contribution in [3.8, 4) is 22.7 Å². The van der Waals surface area contributed by atoms with Gasteiger partial charge in [-0.05, 0) is 48.9 Å². The van der Waals surface area contributed by atoms with Gasteiger partial charge in [-0.3, -0.25) is 0 Å². The number of benzene rings is 2. The Hall–Kier alpha value is -2.85. The van der Waals surface area contributed by atoms with Gasteiger partial charge in [0.15, 0.2) is 5.69 Å². The van der Waals surface area contributed by atoms with E-state index in [1.807, 2.05) is 0 Å². The largest absolute Gasteiger partial charge is 0.496 e. The lowest BCUT2D eigenvalue weighted by molar-refractivity contribution is -0.141. The Morgan fingerprint density at radius 2 is 1.79 bits per heavy atom. The average Bonchev–Trinajstić information content (AvgIpc) is 3.06. The third-order valence-electron chi connectivity index (χ3n) is 4.09. The van der Waals surface area contributed by atoms with Gasteiger partial charge in [-0.25, -0.2) is 18.2 Å². The van der Waals surface area contributed by atoms with Gasteiger partial charge in [-0.1, -0.05) is 12.1 Å². The van der Waals surface area contributed by atoms with Crippen molar-refractivity contribution >= 4 is 10.0 Å². The maximum absolute atomic E-state index is 13.3. The van der Waals surface area contributed by atoms with Crippen LogP contribution in [0.5, 0.6) is 5.75 Å². The molecule has 0 radical (unpaired) electrons. The van der Waals surface area contributed by atoms with E-state index >= 15 is 0 Å². The number of aryl methyl sites for hydroxylation is 1. The minimum absolute atomic E-state index is 0.0641. The molecule has 2 N–H and O–H groups in total. The van der Waals surface area contributed by atoms with Crippen LogP contribution >= 0.6 is 0 Å². The maximum atomic E-state index is 13.3. The Bertz CT molecular complexity index is 1140.